The van der Waals surface area contributed by atoms with Crippen molar-refractivity contribution < 1.29 is 9.53 Å². The van der Waals surface area contributed by atoms with Crippen molar-refractivity contribution in [2.75, 3.05) is 0 Å². The number of fused-ring (bicyclic) bond motifs is 4. The van der Waals surface area contributed by atoms with Gasteiger partial charge in [0.05, 0.1) is 0 Å². The molecule has 1 heterocycles. The molecule has 4 fully saturated rings. The number of esters is 1. The number of carbonyl (C=O) groups excluding carboxylic acids is 1. The van der Waals surface area contributed by atoms with Gasteiger partial charge >= 0.3 is 5.97 Å². The highest BCUT2D eigenvalue weighted by molar-refractivity contribution is 5.90. The summed E-state index contributed by atoms with van der Waals surface area (Å²) in [6.07, 6.45) is 5.10. The average molecular weight is 232 g/mol. The van der Waals surface area contributed by atoms with Crippen LogP contribution in [0.5, 0.6) is 0 Å². The minimum Gasteiger partial charge on any atom is -0.458 e. The summed E-state index contributed by atoms with van der Waals surface area (Å²) in [5.74, 6) is 1.91. The largest absolute Gasteiger partial charge is 0.458 e. The monoisotopic (exact) mass is 232 g/mol. The normalized spacial score (nSPS) is 59.4. The molecular formula is C15H20O2. The SMILES string of the molecule is C=C1C(=O)OC2CC3(C)CC4CC4(C)C3CC12. The third kappa shape index (κ3) is 1.05. The maximum absolute atomic E-state index is 11.6. The Balaban J connectivity index is 1.70. The van der Waals surface area contributed by atoms with Crippen molar-refractivity contribution in [1.29, 1.82) is 0 Å². The minimum atomic E-state index is -0.138. The molecule has 0 aromatic rings. The molecule has 3 aliphatic carbocycles. The molecule has 0 bridgehead atoms. The van der Waals surface area contributed by atoms with E-state index in [2.05, 4.69) is 20.4 Å². The first-order chi connectivity index (χ1) is 7.94. The zero-order valence-electron chi connectivity index (χ0n) is 10.7. The van der Waals surface area contributed by atoms with Gasteiger partial charge in [0.15, 0.2) is 0 Å². The molecule has 1 aliphatic heterocycles. The fourth-order valence-electron chi connectivity index (χ4n) is 5.35. The molecule has 2 heteroatoms. The Hall–Kier alpha value is -0.790. The van der Waals surface area contributed by atoms with E-state index in [9.17, 15) is 4.79 Å². The van der Waals surface area contributed by atoms with Crippen LogP contribution in [-0.2, 0) is 9.53 Å². The molecule has 4 aliphatic rings. The molecule has 6 unspecified atom stereocenters. The van der Waals surface area contributed by atoms with E-state index < -0.39 is 0 Å². The van der Waals surface area contributed by atoms with Crippen LogP contribution in [0.2, 0.25) is 0 Å². The molecule has 2 nitrogen and oxygen atoms in total. The zero-order chi connectivity index (χ0) is 12.0. The molecule has 17 heavy (non-hydrogen) atoms. The minimum absolute atomic E-state index is 0.136. The van der Waals surface area contributed by atoms with Crippen molar-refractivity contribution >= 4 is 5.97 Å². The van der Waals surface area contributed by atoms with Crippen molar-refractivity contribution in [1.82, 2.24) is 0 Å². The summed E-state index contributed by atoms with van der Waals surface area (Å²) >= 11 is 0. The molecule has 0 radical (unpaired) electrons. The molecule has 0 N–H and O–H groups in total. The molecule has 3 saturated carbocycles. The van der Waals surface area contributed by atoms with Gasteiger partial charge in [-0.25, -0.2) is 4.79 Å². The van der Waals surface area contributed by atoms with Crippen molar-refractivity contribution in [3.8, 4) is 0 Å². The number of ether oxygens (including phenoxy) is 1. The maximum Gasteiger partial charge on any atom is 0.334 e. The number of carbonyl (C=O) groups is 1. The quantitative estimate of drug-likeness (QED) is 0.474. The van der Waals surface area contributed by atoms with E-state index in [-0.39, 0.29) is 12.1 Å². The van der Waals surface area contributed by atoms with Gasteiger partial charge in [-0.05, 0) is 48.3 Å². The van der Waals surface area contributed by atoms with Gasteiger partial charge in [-0.3, -0.25) is 0 Å². The Morgan fingerprint density at radius 3 is 2.82 bits per heavy atom. The second-order valence-electron chi connectivity index (χ2n) is 7.33. The standard InChI is InChI=1S/C15H20O2/c1-8-10-4-12-14(2,5-9-6-15(9,12)3)7-11(10)17-13(8)16/h9-12H,1,4-7H2,2-3H3. The molecule has 0 amide bonds. The Morgan fingerprint density at radius 1 is 1.29 bits per heavy atom. The predicted molar refractivity (Wildman–Crippen MR) is 64.2 cm³/mol. The van der Waals surface area contributed by atoms with Crippen LogP contribution < -0.4 is 0 Å². The first kappa shape index (κ1) is 10.2. The van der Waals surface area contributed by atoms with E-state index >= 15 is 0 Å². The van der Waals surface area contributed by atoms with Gasteiger partial charge in [-0.2, -0.15) is 0 Å². The first-order valence-corrected chi connectivity index (χ1v) is 6.84. The van der Waals surface area contributed by atoms with Crippen LogP contribution in [0.15, 0.2) is 12.2 Å². The van der Waals surface area contributed by atoms with E-state index in [0.29, 0.717) is 16.7 Å². The van der Waals surface area contributed by atoms with E-state index in [1.807, 2.05) is 0 Å². The maximum atomic E-state index is 11.6. The van der Waals surface area contributed by atoms with Crippen molar-refractivity contribution in [2.24, 2.45) is 28.6 Å². The van der Waals surface area contributed by atoms with Crippen LogP contribution in [-0.4, -0.2) is 12.1 Å². The summed E-state index contributed by atoms with van der Waals surface area (Å²) in [6.45, 7) is 8.81. The molecule has 0 spiro atoms. The van der Waals surface area contributed by atoms with Crippen LogP contribution in [0.3, 0.4) is 0 Å². The number of hydrogen-bond donors (Lipinski definition) is 0. The van der Waals surface area contributed by atoms with Gasteiger partial charge in [-0.15, -0.1) is 0 Å². The van der Waals surface area contributed by atoms with Crippen molar-refractivity contribution in [2.45, 2.75) is 45.6 Å². The molecular weight excluding hydrogens is 212 g/mol. The Labute approximate surface area is 102 Å². The summed E-state index contributed by atoms with van der Waals surface area (Å²) < 4.78 is 5.50. The molecule has 6 atom stereocenters. The van der Waals surface area contributed by atoms with Gasteiger partial charge in [0.25, 0.3) is 0 Å². The second-order valence-corrected chi connectivity index (χ2v) is 7.33. The number of hydrogen-bond acceptors (Lipinski definition) is 2. The average Bonchev–Trinajstić information content (AvgIpc) is 2.71. The molecule has 4 rings (SSSR count). The fraction of sp³-hybridized carbons (Fsp3) is 0.800. The lowest BCUT2D eigenvalue weighted by Gasteiger charge is -2.45. The van der Waals surface area contributed by atoms with Crippen LogP contribution in [0, 0.1) is 28.6 Å². The van der Waals surface area contributed by atoms with Gasteiger partial charge in [0.1, 0.15) is 6.10 Å². The molecule has 1 saturated heterocycles. The summed E-state index contributed by atoms with van der Waals surface area (Å²) in [4.78, 5) is 11.6. The lowest BCUT2D eigenvalue weighted by atomic mass is 9.60. The van der Waals surface area contributed by atoms with E-state index in [0.717, 1.165) is 30.3 Å². The third-order valence-corrected chi connectivity index (χ3v) is 6.38. The lowest BCUT2D eigenvalue weighted by molar-refractivity contribution is -0.142. The van der Waals surface area contributed by atoms with Crippen LogP contribution >= 0.6 is 0 Å². The van der Waals surface area contributed by atoms with Gasteiger partial charge < -0.3 is 4.74 Å². The van der Waals surface area contributed by atoms with Gasteiger partial charge in [0.2, 0.25) is 0 Å². The van der Waals surface area contributed by atoms with Crippen molar-refractivity contribution in [3.63, 3.8) is 0 Å². The predicted octanol–water partition coefficient (Wildman–Crippen LogP) is 2.93. The van der Waals surface area contributed by atoms with E-state index in [1.54, 1.807) is 0 Å². The van der Waals surface area contributed by atoms with Gasteiger partial charge in [-0.1, -0.05) is 20.4 Å². The van der Waals surface area contributed by atoms with Crippen LogP contribution in [0.1, 0.15) is 39.5 Å². The van der Waals surface area contributed by atoms with Crippen LogP contribution in [0.4, 0.5) is 0 Å². The molecule has 0 aromatic heterocycles. The molecule has 0 aromatic carbocycles. The van der Waals surface area contributed by atoms with E-state index in [1.165, 1.54) is 12.8 Å². The van der Waals surface area contributed by atoms with Gasteiger partial charge in [0, 0.05) is 11.5 Å². The Bertz CT molecular complexity index is 440. The zero-order valence-corrected chi connectivity index (χ0v) is 10.7. The summed E-state index contributed by atoms with van der Waals surface area (Å²) in [7, 11) is 0. The fourth-order valence-corrected chi connectivity index (χ4v) is 5.35. The highest BCUT2D eigenvalue weighted by Gasteiger charge is 2.69. The highest BCUT2D eigenvalue weighted by Crippen LogP contribution is 2.76. The summed E-state index contributed by atoms with van der Waals surface area (Å²) in [6, 6.07) is 0. The van der Waals surface area contributed by atoms with Crippen LogP contribution in [0.25, 0.3) is 0 Å². The second kappa shape index (κ2) is 2.62. The van der Waals surface area contributed by atoms with E-state index in [4.69, 9.17) is 4.74 Å². The Morgan fingerprint density at radius 2 is 2.06 bits per heavy atom. The highest BCUT2D eigenvalue weighted by atomic mass is 16.6. The Kier molecular flexibility index (Phi) is 1.57. The molecule has 92 valence electrons. The first-order valence-electron chi connectivity index (χ1n) is 6.84. The summed E-state index contributed by atoms with van der Waals surface area (Å²) in [5, 5.41) is 0. The smallest absolute Gasteiger partial charge is 0.334 e. The van der Waals surface area contributed by atoms with Crippen molar-refractivity contribution in [3.05, 3.63) is 12.2 Å². The lowest BCUT2D eigenvalue weighted by Crippen LogP contribution is -2.41. The topological polar surface area (TPSA) is 26.3 Å². The third-order valence-electron chi connectivity index (χ3n) is 6.38. The summed E-state index contributed by atoms with van der Waals surface area (Å²) in [5.41, 5.74) is 1.74. The number of rotatable bonds is 0.